The molecule has 0 saturated carbocycles. The number of anilines is 1. The number of hydrogen-bond acceptors (Lipinski definition) is 4. The van der Waals surface area contributed by atoms with E-state index in [4.69, 9.17) is 5.11 Å². The van der Waals surface area contributed by atoms with Crippen molar-refractivity contribution in [3.63, 3.8) is 0 Å². The summed E-state index contributed by atoms with van der Waals surface area (Å²) in [5.41, 5.74) is 0.815. The van der Waals surface area contributed by atoms with Gasteiger partial charge < -0.3 is 15.3 Å². The summed E-state index contributed by atoms with van der Waals surface area (Å²) in [7, 11) is 0. The van der Waals surface area contributed by atoms with Crippen LogP contribution < -0.4 is 5.32 Å². The molecule has 1 unspecified atom stereocenters. The van der Waals surface area contributed by atoms with Crippen LogP contribution in [0.5, 0.6) is 0 Å². The van der Waals surface area contributed by atoms with Crippen LogP contribution in [0.1, 0.15) is 35.8 Å². The molecule has 0 aliphatic carbocycles. The number of carboxylic acids is 1. The molecule has 2 heterocycles. The lowest BCUT2D eigenvalue weighted by molar-refractivity contribution is 0.0695. The van der Waals surface area contributed by atoms with Crippen molar-refractivity contribution in [3.05, 3.63) is 23.4 Å². The Hall–Kier alpha value is -1.62. The van der Waals surface area contributed by atoms with Gasteiger partial charge in [0.05, 0.1) is 11.3 Å². The van der Waals surface area contributed by atoms with Crippen molar-refractivity contribution in [3.8, 4) is 0 Å². The molecule has 5 heteroatoms. The molecule has 110 valence electrons. The third kappa shape index (κ3) is 3.93. The van der Waals surface area contributed by atoms with Gasteiger partial charge in [0.2, 0.25) is 0 Å². The minimum absolute atomic E-state index is 0.265. The largest absolute Gasteiger partial charge is 0.478 e. The second-order valence-corrected chi connectivity index (χ2v) is 5.63. The number of aromatic carboxylic acids is 1. The Kier molecular flexibility index (Phi) is 4.95. The molecular weight excluding hydrogens is 254 g/mol. The van der Waals surface area contributed by atoms with Gasteiger partial charge in [0, 0.05) is 13.1 Å². The Morgan fingerprint density at radius 2 is 2.15 bits per heavy atom. The Morgan fingerprint density at radius 3 is 2.75 bits per heavy atom. The number of likely N-dealkylation sites (tertiary alicyclic amines) is 1. The standard InChI is InChI=1S/C15H23N3O2/c1-11(10-18-7-3-4-8-18)9-16-14-6-5-13(15(19)20)12(2)17-14/h5-6,11H,3-4,7-10H2,1-2H3,(H,16,17)(H,19,20). The molecule has 0 spiro atoms. The van der Waals surface area contributed by atoms with Crippen molar-refractivity contribution in [1.29, 1.82) is 0 Å². The molecule has 1 aromatic rings. The molecule has 1 fully saturated rings. The van der Waals surface area contributed by atoms with Crippen LogP contribution in [0.2, 0.25) is 0 Å². The molecule has 2 N–H and O–H groups in total. The van der Waals surface area contributed by atoms with Gasteiger partial charge in [-0.25, -0.2) is 9.78 Å². The van der Waals surface area contributed by atoms with Gasteiger partial charge in [-0.1, -0.05) is 6.92 Å². The van der Waals surface area contributed by atoms with Gasteiger partial charge in [-0.2, -0.15) is 0 Å². The summed E-state index contributed by atoms with van der Waals surface area (Å²) in [4.78, 5) is 17.7. The first-order chi connectivity index (χ1) is 9.56. The van der Waals surface area contributed by atoms with E-state index >= 15 is 0 Å². The molecule has 1 aliphatic rings. The molecule has 0 bridgehead atoms. The molecule has 2 rings (SSSR count). The number of pyridine rings is 1. The summed E-state index contributed by atoms with van der Waals surface area (Å²) >= 11 is 0. The number of carbonyl (C=O) groups is 1. The number of rotatable bonds is 6. The fraction of sp³-hybridized carbons (Fsp3) is 0.600. The number of carboxylic acid groups (broad SMARTS) is 1. The third-order valence-corrected chi connectivity index (χ3v) is 3.72. The van der Waals surface area contributed by atoms with Gasteiger partial charge >= 0.3 is 5.97 Å². The first kappa shape index (κ1) is 14.8. The molecule has 1 aromatic heterocycles. The van der Waals surface area contributed by atoms with Gasteiger partial charge in [0.15, 0.2) is 0 Å². The number of aromatic nitrogens is 1. The average Bonchev–Trinajstić information content (AvgIpc) is 2.89. The van der Waals surface area contributed by atoms with Crippen LogP contribution in [0.15, 0.2) is 12.1 Å². The van der Waals surface area contributed by atoms with E-state index in [0.717, 1.165) is 18.9 Å². The van der Waals surface area contributed by atoms with Crippen molar-refractivity contribution >= 4 is 11.8 Å². The lowest BCUT2D eigenvalue weighted by atomic mass is 10.1. The Bertz CT molecular complexity index is 470. The van der Waals surface area contributed by atoms with E-state index in [9.17, 15) is 4.79 Å². The maximum absolute atomic E-state index is 10.9. The summed E-state index contributed by atoms with van der Waals surface area (Å²) in [6.45, 7) is 8.35. The molecule has 0 amide bonds. The Labute approximate surface area is 120 Å². The van der Waals surface area contributed by atoms with Crippen molar-refractivity contribution in [2.45, 2.75) is 26.7 Å². The van der Waals surface area contributed by atoms with E-state index in [1.807, 2.05) is 0 Å². The van der Waals surface area contributed by atoms with Crippen molar-refractivity contribution in [1.82, 2.24) is 9.88 Å². The number of aryl methyl sites for hydroxylation is 1. The summed E-state index contributed by atoms with van der Waals surface area (Å²) in [6.07, 6.45) is 2.63. The van der Waals surface area contributed by atoms with E-state index in [1.165, 1.54) is 25.9 Å². The van der Waals surface area contributed by atoms with Crippen LogP contribution in [0.3, 0.4) is 0 Å². The normalized spacial score (nSPS) is 17.1. The highest BCUT2D eigenvalue weighted by atomic mass is 16.4. The lowest BCUT2D eigenvalue weighted by Gasteiger charge is -2.20. The fourth-order valence-corrected chi connectivity index (χ4v) is 2.63. The maximum Gasteiger partial charge on any atom is 0.337 e. The Balaban J connectivity index is 1.84. The monoisotopic (exact) mass is 277 g/mol. The summed E-state index contributed by atoms with van der Waals surface area (Å²) in [5, 5.41) is 12.3. The molecule has 0 aromatic carbocycles. The number of nitrogens with one attached hydrogen (secondary N) is 1. The highest BCUT2D eigenvalue weighted by molar-refractivity contribution is 5.89. The lowest BCUT2D eigenvalue weighted by Crippen LogP contribution is -2.29. The van der Waals surface area contributed by atoms with E-state index < -0.39 is 5.97 Å². The van der Waals surface area contributed by atoms with Gasteiger partial charge in [-0.05, 0) is 50.9 Å². The van der Waals surface area contributed by atoms with Crippen molar-refractivity contribution < 1.29 is 9.90 Å². The summed E-state index contributed by atoms with van der Waals surface area (Å²) in [6, 6.07) is 3.34. The van der Waals surface area contributed by atoms with E-state index in [1.54, 1.807) is 19.1 Å². The predicted octanol–water partition coefficient (Wildman–Crippen LogP) is 2.23. The van der Waals surface area contributed by atoms with Crippen LogP contribution >= 0.6 is 0 Å². The molecule has 1 aliphatic heterocycles. The zero-order valence-corrected chi connectivity index (χ0v) is 12.2. The SMILES string of the molecule is Cc1nc(NCC(C)CN2CCCC2)ccc1C(=O)O. The van der Waals surface area contributed by atoms with Crippen LogP contribution in [0.4, 0.5) is 5.82 Å². The molecule has 1 saturated heterocycles. The second-order valence-electron chi connectivity index (χ2n) is 5.63. The first-order valence-electron chi connectivity index (χ1n) is 7.23. The second kappa shape index (κ2) is 6.70. The fourth-order valence-electron chi connectivity index (χ4n) is 2.63. The molecular formula is C15H23N3O2. The maximum atomic E-state index is 10.9. The van der Waals surface area contributed by atoms with Crippen molar-refractivity contribution in [2.75, 3.05) is 31.5 Å². The molecule has 1 atom stereocenters. The van der Waals surface area contributed by atoms with Crippen LogP contribution in [0, 0.1) is 12.8 Å². The van der Waals surface area contributed by atoms with Gasteiger partial charge in [-0.3, -0.25) is 0 Å². The first-order valence-corrected chi connectivity index (χ1v) is 7.23. The quantitative estimate of drug-likeness (QED) is 0.834. The zero-order chi connectivity index (χ0) is 14.5. The topological polar surface area (TPSA) is 65.5 Å². The van der Waals surface area contributed by atoms with Gasteiger partial charge in [0.25, 0.3) is 0 Å². The third-order valence-electron chi connectivity index (χ3n) is 3.72. The minimum Gasteiger partial charge on any atom is -0.478 e. The Morgan fingerprint density at radius 1 is 1.45 bits per heavy atom. The van der Waals surface area contributed by atoms with Crippen LogP contribution in [-0.2, 0) is 0 Å². The highest BCUT2D eigenvalue weighted by Gasteiger charge is 2.15. The predicted molar refractivity (Wildman–Crippen MR) is 79.3 cm³/mol. The van der Waals surface area contributed by atoms with Crippen molar-refractivity contribution in [2.24, 2.45) is 5.92 Å². The number of nitrogens with zero attached hydrogens (tertiary/aromatic N) is 2. The molecule has 5 nitrogen and oxygen atoms in total. The number of hydrogen-bond donors (Lipinski definition) is 2. The average molecular weight is 277 g/mol. The van der Waals surface area contributed by atoms with Gasteiger partial charge in [0.1, 0.15) is 5.82 Å². The smallest absolute Gasteiger partial charge is 0.337 e. The highest BCUT2D eigenvalue weighted by Crippen LogP contribution is 2.13. The van der Waals surface area contributed by atoms with Crippen LogP contribution in [0.25, 0.3) is 0 Å². The zero-order valence-electron chi connectivity index (χ0n) is 12.2. The van der Waals surface area contributed by atoms with Gasteiger partial charge in [-0.15, -0.1) is 0 Å². The summed E-state index contributed by atoms with van der Waals surface area (Å²) in [5.74, 6) is 0.374. The van der Waals surface area contributed by atoms with E-state index in [0.29, 0.717) is 11.6 Å². The summed E-state index contributed by atoms with van der Waals surface area (Å²) < 4.78 is 0. The van der Waals surface area contributed by atoms with E-state index in [-0.39, 0.29) is 5.56 Å². The molecule has 20 heavy (non-hydrogen) atoms. The molecule has 0 radical (unpaired) electrons. The van der Waals surface area contributed by atoms with E-state index in [2.05, 4.69) is 22.1 Å². The van der Waals surface area contributed by atoms with Crippen LogP contribution in [-0.4, -0.2) is 47.1 Å². The minimum atomic E-state index is -0.927.